The first kappa shape index (κ1) is 16.7. The molecule has 2 rings (SSSR count). The number of carbonyl (C=O) groups is 1. The van der Waals surface area contributed by atoms with E-state index in [0.717, 1.165) is 11.0 Å². The largest absolute Gasteiger partial charge is 0.478 e. The Balaban J connectivity index is 2.37. The fourth-order valence-electron chi connectivity index (χ4n) is 1.71. The lowest BCUT2D eigenvalue weighted by atomic mass is 10.2. The summed E-state index contributed by atoms with van der Waals surface area (Å²) in [5, 5.41) is 8.91. The number of carboxylic acid groups (broad SMARTS) is 1. The van der Waals surface area contributed by atoms with E-state index >= 15 is 0 Å². The molecule has 5 nitrogen and oxygen atoms in total. The van der Waals surface area contributed by atoms with E-state index in [4.69, 9.17) is 16.7 Å². The predicted molar refractivity (Wildman–Crippen MR) is 87.4 cm³/mol. The number of halogens is 1. The molecular weight excluding hydrogens is 346 g/mol. The second-order valence-corrected chi connectivity index (χ2v) is 7.22. The van der Waals surface area contributed by atoms with Crippen LogP contribution in [0.1, 0.15) is 10.4 Å². The Labute approximate surface area is 137 Å². The van der Waals surface area contributed by atoms with Gasteiger partial charge in [-0.3, -0.25) is 4.72 Å². The van der Waals surface area contributed by atoms with Crippen LogP contribution in [-0.2, 0) is 10.0 Å². The van der Waals surface area contributed by atoms with Crippen molar-refractivity contribution in [2.45, 2.75) is 9.79 Å². The number of nitrogens with one attached hydrogen (secondary N) is 1. The number of hydrogen-bond donors (Lipinski definition) is 2. The molecule has 8 heteroatoms. The van der Waals surface area contributed by atoms with Gasteiger partial charge in [0.2, 0.25) is 0 Å². The van der Waals surface area contributed by atoms with Gasteiger partial charge in [-0.25, -0.2) is 13.2 Å². The first-order chi connectivity index (χ1) is 10.3. The highest BCUT2D eigenvalue weighted by atomic mass is 35.5. The lowest BCUT2D eigenvalue weighted by Crippen LogP contribution is -2.14. The molecule has 2 aromatic carbocycles. The topological polar surface area (TPSA) is 83.5 Å². The first-order valence-electron chi connectivity index (χ1n) is 6.03. The number of rotatable bonds is 5. The van der Waals surface area contributed by atoms with Gasteiger partial charge >= 0.3 is 5.97 Å². The Kier molecular flexibility index (Phi) is 5.00. The third-order valence-corrected chi connectivity index (χ3v) is 5.42. The minimum atomic E-state index is -3.97. The van der Waals surface area contributed by atoms with Crippen LogP contribution in [0.4, 0.5) is 5.69 Å². The molecule has 2 aromatic rings. The van der Waals surface area contributed by atoms with E-state index < -0.39 is 16.0 Å². The fraction of sp³-hybridized carbons (Fsp3) is 0.0714. The maximum atomic E-state index is 12.4. The molecule has 0 amide bonds. The quantitative estimate of drug-likeness (QED) is 0.799. The summed E-state index contributed by atoms with van der Waals surface area (Å²) in [7, 11) is -3.97. The van der Waals surface area contributed by atoms with Gasteiger partial charge in [0.15, 0.2) is 0 Å². The summed E-state index contributed by atoms with van der Waals surface area (Å²) in [5.74, 6) is -1.22. The van der Waals surface area contributed by atoms with E-state index in [2.05, 4.69) is 4.72 Å². The smallest absolute Gasteiger partial charge is 0.335 e. The van der Waals surface area contributed by atoms with E-state index in [1.165, 1.54) is 23.9 Å². The Morgan fingerprint density at radius 3 is 2.36 bits per heavy atom. The van der Waals surface area contributed by atoms with Gasteiger partial charge in [0, 0.05) is 10.6 Å². The Hall–Kier alpha value is -1.70. The minimum absolute atomic E-state index is 0.0433. The molecule has 0 fully saturated rings. The molecular formula is C14H12ClNO4S2. The summed E-state index contributed by atoms with van der Waals surface area (Å²) in [6.07, 6.45) is 1.91. The van der Waals surface area contributed by atoms with Crippen LogP contribution >= 0.6 is 23.4 Å². The van der Waals surface area contributed by atoms with Crippen molar-refractivity contribution in [3.63, 3.8) is 0 Å². The molecule has 0 radical (unpaired) electrons. The summed E-state index contributed by atoms with van der Waals surface area (Å²) in [6.45, 7) is 0. The van der Waals surface area contributed by atoms with Crippen LogP contribution in [-0.4, -0.2) is 25.7 Å². The molecule has 0 atom stereocenters. The Morgan fingerprint density at radius 1 is 1.18 bits per heavy atom. The molecule has 2 N–H and O–H groups in total. The third kappa shape index (κ3) is 3.73. The Bertz CT molecular complexity index is 804. The zero-order chi connectivity index (χ0) is 16.3. The zero-order valence-corrected chi connectivity index (χ0v) is 13.8. The van der Waals surface area contributed by atoms with Crippen molar-refractivity contribution in [3.8, 4) is 0 Å². The molecule has 0 aromatic heterocycles. The number of anilines is 1. The second-order valence-electron chi connectivity index (χ2n) is 4.28. The van der Waals surface area contributed by atoms with Crippen molar-refractivity contribution in [2.75, 3.05) is 11.0 Å². The van der Waals surface area contributed by atoms with Crippen LogP contribution in [0.15, 0.2) is 52.3 Å². The van der Waals surface area contributed by atoms with Gasteiger partial charge in [-0.15, -0.1) is 11.8 Å². The van der Waals surface area contributed by atoms with Gasteiger partial charge < -0.3 is 5.11 Å². The van der Waals surface area contributed by atoms with Crippen LogP contribution in [0.3, 0.4) is 0 Å². The molecule has 116 valence electrons. The van der Waals surface area contributed by atoms with Gasteiger partial charge in [-0.05, 0) is 48.7 Å². The molecule has 0 saturated carbocycles. The maximum Gasteiger partial charge on any atom is 0.335 e. The highest BCUT2D eigenvalue weighted by Gasteiger charge is 2.20. The number of hydrogen-bond acceptors (Lipinski definition) is 4. The number of thioether (sulfide) groups is 1. The highest BCUT2D eigenvalue weighted by Crippen LogP contribution is 2.26. The van der Waals surface area contributed by atoms with Gasteiger partial charge in [-0.1, -0.05) is 11.6 Å². The lowest BCUT2D eigenvalue weighted by molar-refractivity contribution is 0.0696. The van der Waals surface area contributed by atoms with E-state index in [-0.39, 0.29) is 15.5 Å². The van der Waals surface area contributed by atoms with Gasteiger partial charge in [-0.2, -0.15) is 0 Å². The summed E-state index contributed by atoms with van der Waals surface area (Å²) in [5.41, 5.74) is 0.220. The maximum absolute atomic E-state index is 12.4. The molecule has 0 bridgehead atoms. The molecule has 22 heavy (non-hydrogen) atoms. The first-order valence-corrected chi connectivity index (χ1v) is 9.12. The number of carboxylic acids is 1. The Morgan fingerprint density at radius 2 is 1.82 bits per heavy atom. The van der Waals surface area contributed by atoms with E-state index in [1.54, 1.807) is 24.3 Å². The van der Waals surface area contributed by atoms with Crippen molar-refractivity contribution >= 4 is 45.0 Å². The molecule has 0 spiro atoms. The van der Waals surface area contributed by atoms with Crippen molar-refractivity contribution in [1.29, 1.82) is 0 Å². The lowest BCUT2D eigenvalue weighted by Gasteiger charge is -2.10. The van der Waals surface area contributed by atoms with Gasteiger partial charge in [0.25, 0.3) is 10.0 Å². The third-order valence-electron chi connectivity index (χ3n) is 2.81. The van der Waals surface area contributed by atoms with Crippen LogP contribution < -0.4 is 4.72 Å². The van der Waals surface area contributed by atoms with Gasteiger partial charge in [0.1, 0.15) is 4.90 Å². The molecule has 0 aliphatic rings. The monoisotopic (exact) mass is 357 g/mol. The van der Waals surface area contributed by atoms with E-state index in [9.17, 15) is 13.2 Å². The van der Waals surface area contributed by atoms with Crippen molar-refractivity contribution < 1.29 is 18.3 Å². The standard InChI is InChI=1S/C14H12ClNO4S2/c1-21-11-5-3-10(4-6-11)16-22(19,20)13-8-9(14(17)18)2-7-12(13)15/h2-8,16H,1H3,(H,17,18). The summed E-state index contributed by atoms with van der Waals surface area (Å²) in [6, 6.07) is 10.3. The van der Waals surface area contributed by atoms with Crippen LogP contribution in [0.5, 0.6) is 0 Å². The summed E-state index contributed by atoms with van der Waals surface area (Å²) >= 11 is 7.42. The van der Waals surface area contributed by atoms with E-state index in [1.807, 2.05) is 6.26 Å². The van der Waals surface area contributed by atoms with Crippen molar-refractivity contribution in [2.24, 2.45) is 0 Å². The minimum Gasteiger partial charge on any atom is -0.478 e. The molecule has 0 aliphatic carbocycles. The molecule has 0 heterocycles. The number of sulfonamides is 1. The highest BCUT2D eigenvalue weighted by molar-refractivity contribution is 7.98. The zero-order valence-electron chi connectivity index (χ0n) is 11.4. The van der Waals surface area contributed by atoms with Crippen LogP contribution in [0.2, 0.25) is 5.02 Å². The number of aromatic carboxylic acids is 1. The summed E-state index contributed by atoms with van der Waals surface area (Å²) in [4.78, 5) is 11.7. The van der Waals surface area contributed by atoms with E-state index in [0.29, 0.717) is 5.69 Å². The normalized spacial score (nSPS) is 11.2. The SMILES string of the molecule is CSc1ccc(NS(=O)(=O)c2cc(C(=O)O)ccc2Cl)cc1. The fourth-order valence-corrected chi connectivity index (χ4v) is 3.71. The van der Waals surface area contributed by atoms with Crippen molar-refractivity contribution in [3.05, 3.63) is 53.1 Å². The average Bonchev–Trinajstić information content (AvgIpc) is 2.47. The average molecular weight is 358 g/mol. The van der Waals surface area contributed by atoms with Crippen molar-refractivity contribution in [1.82, 2.24) is 0 Å². The molecule has 0 unspecified atom stereocenters. The summed E-state index contributed by atoms with van der Waals surface area (Å²) < 4.78 is 27.1. The predicted octanol–water partition coefficient (Wildman–Crippen LogP) is 3.56. The van der Waals surface area contributed by atoms with Gasteiger partial charge in [0.05, 0.1) is 10.6 Å². The number of benzene rings is 2. The van der Waals surface area contributed by atoms with Crippen LogP contribution in [0, 0.1) is 0 Å². The molecule has 0 aliphatic heterocycles. The molecule has 0 saturated heterocycles. The second kappa shape index (κ2) is 6.60. The van der Waals surface area contributed by atoms with Crippen LogP contribution in [0.25, 0.3) is 0 Å².